The van der Waals surface area contributed by atoms with Crippen molar-refractivity contribution in [3.05, 3.63) is 28.8 Å². The molecule has 0 aromatic heterocycles. The van der Waals surface area contributed by atoms with Crippen LogP contribution >= 0.6 is 11.6 Å². The fraction of sp³-hybridized carbons (Fsp3) is 0.438. The zero-order chi connectivity index (χ0) is 18.3. The molecule has 0 aliphatic rings. The second-order valence-electron chi connectivity index (χ2n) is 5.48. The summed E-state index contributed by atoms with van der Waals surface area (Å²) >= 11 is 6.01. The van der Waals surface area contributed by atoms with Gasteiger partial charge in [-0.25, -0.2) is 0 Å². The van der Waals surface area contributed by atoms with Gasteiger partial charge in [0, 0.05) is 30.7 Å². The number of aliphatic carboxylic acids is 1. The molecular formula is C16H22ClN3O4. The zero-order valence-corrected chi connectivity index (χ0v) is 14.7. The van der Waals surface area contributed by atoms with E-state index in [4.69, 9.17) is 16.7 Å². The predicted molar refractivity (Wildman–Crippen MR) is 92.2 cm³/mol. The largest absolute Gasteiger partial charge is 0.480 e. The summed E-state index contributed by atoms with van der Waals surface area (Å²) in [7, 11) is 0. The van der Waals surface area contributed by atoms with Gasteiger partial charge in [0.2, 0.25) is 11.8 Å². The van der Waals surface area contributed by atoms with Gasteiger partial charge < -0.3 is 15.7 Å². The van der Waals surface area contributed by atoms with Crippen molar-refractivity contribution in [3.8, 4) is 0 Å². The third kappa shape index (κ3) is 6.55. The highest BCUT2D eigenvalue weighted by molar-refractivity contribution is 6.31. The maximum Gasteiger partial charge on any atom is 0.320 e. The Morgan fingerprint density at radius 1 is 1.33 bits per heavy atom. The maximum atomic E-state index is 12.2. The number of halogens is 1. The Hall–Kier alpha value is -2.12. The molecule has 0 spiro atoms. The van der Waals surface area contributed by atoms with Gasteiger partial charge in [0.15, 0.2) is 0 Å². The fourth-order valence-electron chi connectivity index (χ4n) is 2.00. The topological polar surface area (TPSA) is 98.7 Å². The molecule has 0 radical (unpaired) electrons. The van der Waals surface area contributed by atoms with Crippen LogP contribution in [0, 0.1) is 6.92 Å². The van der Waals surface area contributed by atoms with Crippen LogP contribution in [0.25, 0.3) is 0 Å². The third-order valence-corrected chi connectivity index (χ3v) is 3.89. The van der Waals surface area contributed by atoms with Crippen molar-refractivity contribution in [2.45, 2.75) is 26.8 Å². The molecule has 0 bridgehead atoms. The number of carbonyl (C=O) groups excluding carboxylic acids is 2. The number of carboxylic acids is 1. The molecule has 2 amide bonds. The number of carbonyl (C=O) groups is 3. The highest BCUT2D eigenvalue weighted by Gasteiger charge is 2.22. The number of nitrogens with one attached hydrogen (secondary N) is 2. The summed E-state index contributed by atoms with van der Waals surface area (Å²) in [6.07, 6.45) is 0. The van der Waals surface area contributed by atoms with Crippen LogP contribution in [0.15, 0.2) is 18.2 Å². The number of aryl methyl sites for hydroxylation is 1. The summed E-state index contributed by atoms with van der Waals surface area (Å²) < 4.78 is 0. The minimum Gasteiger partial charge on any atom is -0.480 e. The predicted octanol–water partition coefficient (Wildman–Crippen LogP) is 1.50. The normalized spacial score (nSPS) is 11.9. The summed E-state index contributed by atoms with van der Waals surface area (Å²) in [5.41, 5.74) is 1.44. The fourth-order valence-corrected chi connectivity index (χ4v) is 2.18. The van der Waals surface area contributed by atoms with E-state index in [1.165, 1.54) is 18.7 Å². The van der Waals surface area contributed by atoms with Crippen molar-refractivity contribution < 1.29 is 19.5 Å². The number of rotatable bonds is 8. The molecule has 8 heteroatoms. The Morgan fingerprint density at radius 3 is 2.54 bits per heavy atom. The van der Waals surface area contributed by atoms with Gasteiger partial charge in [-0.15, -0.1) is 0 Å². The van der Waals surface area contributed by atoms with Gasteiger partial charge in [0.05, 0.1) is 6.54 Å². The zero-order valence-electron chi connectivity index (χ0n) is 13.9. The SMILES string of the molecule is CC(=O)NCCN(CC(=O)Nc1ccc(C)c(Cl)c1)C(C)C(=O)O. The molecular weight excluding hydrogens is 334 g/mol. The van der Waals surface area contributed by atoms with E-state index in [2.05, 4.69) is 10.6 Å². The minimum atomic E-state index is -1.04. The van der Waals surface area contributed by atoms with Gasteiger partial charge in [-0.05, 0) is 31.5 Å². The van der Waals surface area contributed by atoms with Crippen molar-refractivity contribution in [2.75, 3.05) is 25.0 Å². The molecule has 7 nitrogen and oxygen atoms in total. The van der Waals surface area contributed by atoms with E-state index in [1.54, 1.807) is 18.2 Å². The van der Waals surface area contributed by atoms with Crippen LogP contribution in [0.3, 0.4) is 0 Å². The first-order valence-electron chi connectivity index (χ1n) is 7.48. The Labute approximate surface area is 146 Å². The summed E-state index contributed by atoms with van der Waals surface area (Å²) in [6, 6.07) is 4.29. The number of benzene rings is 1. The molecule has 0 aliphatic carbocycles. The van der Waals surface area contributed by atoms with E-state index < -0.39 is 12.0 Å². The lowest BCUT2D eigenvalue weighted by Crippen LogP contribution is -2.46. The molecule has 0 saturated heterocycles. The molecule has 1 rings (SSSR count). The molecule has 1 atom stereocenters. The van der Waals surface area contributed by atoms with Gasteiger partial charge in [-0.2, -0.15) is 0 Å². The lowest BCUT2D eigenvalue weighted by molar-refractivity contribution is -0.142. The highest BCUT2D eigenvalue weighted by atomic mass is 35.5. The van der Waals surface area contributed by atoms with E-state index in [-0.39, 0.29) is 31.4 Å². The van der Waals surface area contributed by atoms with E-state index in [1.807, 2.05) is 6.92 Å². The summed E-state index contributed by atoms with van der Waals surface area (Å²) in [5.74, 6) is -1.61. The van der Waals surface area contributed by atoms with Crippen LogP contribution in [0.1, 0.15) is 19.4 Å². The lowest BCUT2D eigenvalue weighted by Gasteiger charge is -2.25. The van der Waals surface area contributed by atoms with Crippen LogP contribution in [0.2, 0.25) is 5.02 Å². The molecule has 24 heavy (non-hydrogen) atoms. The van der Waals surface area contributed by atoms with Crippen LogP contribution in [0.5, 0.6) is 0 Å². The minimum absolute atomic E-state index is 0.113. The highest BCUT2D eigenvalue weighted by Crippen LogP contribution is 2.19. The molecule has 132 valence electrons. The molecule has 0 saturated carbocycles. The van der Waals surface area contributed by atoms with Crippen molar-refractivity contribution in [1.29, 1.82) is 0 Å². The van der Waals surface area contributed by atoms with Crippen molar-refractivity contribution >= 4 is 35.1 Å². The van der Waals surface area contributed by atoms with E-state index in [0.29, 0.717) is 10.7 Å². The van der Waals surface area contributed by atoms with Crippen LogP contribution < -0.4 is 10.6 Å². The smallest absolute Gasteiger partial charge is 0.320 e. The first kappa shape index (κ1) is 19.9. The average molecular weight is 356 g/mol. The lowest BCUT2D eigenvalue weighted by atomic mass is 10.2. The first-order valence-corrected chi connectivity index (χ1v) is 7.85. The van der Waals surface area contributed by atoms with Crippen molar-refractivity contribution in [3.63, 3.8) is 0 Å². The molecule has 3 N–H and O–H groups in total. The second-order valence-corrected chi connectivity index (χ2v) is 5.89. The second kappa shape index (κ2) is 9.24. The number of hydrogen-bond acceptors (Lipinski definition) is 4. The van der Waals surface area contributed by atoms with Gasteiger partial charge in [0.25, 0.3) is 0 Å². The van der Waals surface area contributed by atoms with Gasteiger partial charge in [-0.1, -0.05) is 17.7 Å². The number of hydrogen-bond donors (Lipinski definition) is 3. The van der Waals surface area contributed by atoms with Crippen LogP contribution in [-0.2, 0) is 14.4 Å². The summed E-state index contributed by atoms with van der Waals surface area (Å²) in [4.78, 5) is 35.7. The van der Waals surface area contributed by atoms with Crippen LogP contribution in [-0.4, -0.2) is 53.5 Å². The molecule has 0 fully saturated rings. The van der Waals surface area contributed by atoms with E-state index in [0.717, 1.165) is 5.56 Å². The number of carboxylic acid groups (broad SMARTS) is 1. The Bertz CT molecular complexity index is 621. The summed E-state index contributed by atoms with van der Waals surface area (Å²) in [6.45, 7) is 5.11. The molecule has 0 heterocycles. The Balaban J connectivity index is 2.69. The first-order chi connectivity index (χ1) is 11.2. The monoisotopic (exact) mass is 355 g/mol. The van der Waals surface area contributed by atoms with E-state index >= 15 is 0 Å². The Morgan fingerprint density at radius 2 is 2.00 bits per heavy atom. The molecule has 1 aromatic carbocycles. The van der Waals surface area contributed by atoms with Gasteiger partial charge in [0.1, 0.15) is 6.04 Å². The van der Waals surface area contributed by atoms with E-state index in [9.17, 15) is 14.4 Å². The van der Waals surface area contributed by atoms with Crippen molar-refractivity contribution in [2.24, 2.45) is 0 Å². The molecule has 0 aliphatic heterocycles. The third-order valence-electron chi connectivity index (χ3n) is 3.48. The van der Waals surface area contributed by atoms with Crippen LogP contribution in [0.4, 0.5) is 5.69 Å². The average Bonchev–Trinajstić information content (AvgIpc) is 2.48. The number of anilines is 1. The molecule has 1 unspecified atom stereocenters. The summed E-state index contributed by atoms with van der Waals surface area (Å²) in [5, 5.41) is 15.0. The number of nitrogens with zero attached hydrogens (tertiary/aromatic N) is 1. The quantitative estimate of drug-likeness (QED) is 0.656. The molecule has 1 aromatic rings. The van der Waals surface area contributed by atoms with Crippen molar-refractivity contribution in [1.82, 2.24) is 10.2 Å². The number of amides is 2. The maximum absolute atomic E-state index is 12.2. The van der Waals surface area contributed by atoms with Gasteiger partial charge in [-0.3, -0.25) is 19.3 Å². The van der Waals surface area contributed by atoms with Gasteiger partial charge >= 0.3 is 5.97 Å². The Kier molecular flexibility index (Phi) is 7.67. The standard InChI is InChI=1S/C16H22ClN3O4/c1-10-4-5-13(8-14(10)17)19-15(22)9-20(11(2)16(23)24)7-6-18-12(3)21/h4-5,8,11H,6-7,9H2,1-3H3,(H,18,21)(H,19,22)(H,23,24).